The van der Waals surface area contributed by atoms with Crippen LogP contribution in [0.1, 0.15) is 21.9 Å². The number of methoxy groups -OCH3 is 1. The smallest absolute Gasteiger partial charge is 0.343 e. The van der Waals surface area contributed by atoms with Crippen molar-refractivity contribution in [2.45, 2.75) is 5.25 Å². The lowest BCUT2D eigenvalue weighted by molar-refractivity contribution is -0.142. The molecular formula is C25H22N2O4S. The molecule has 1 amide bonds. The number of fused-ring (bicyclic) bond motifs is 3. The molecule has 0 aliphatic heterocycles. The van der Waals surface area contributed by atoms with Crippen LogP contribution in [0.25, 0.3) is 11.1 Å². The maximum absolute atomic E-state index is 12.3. The minimum absolute atomic E-state index is 0.134. The van der Waals surface area contributed by atoms with Crippen molar-refractivity contribution in [2.24, 2.45) is 5.10 Å². The van der Waals surface area contributed by atoms with Crippen molar-refractivity contribution in [2.75, 3.05) is 19.5 Å². The molecule has 0 atom stereocenters. The van der Waals surface area contributed by atoms with Gasteiger partial charge in [0.1, 0.15) is 5.75 Å². The molecule has 1 aliphatic rings. The van der Waals surface area contributed by atoms with E-state index in [1.165, 1.54) is 29.4 Å². The quantitative estimate of drug-likeness (QED) is 0.319. The van der Waals surface area contributed by atoms with Crippen molar-refractivity contribution in [1.82, 2.24) is 5.43 Å². The van der Waals surface area contributed by atoms with Gasteiger partial charge >= 0.3 is 5.97 Å². The largest absolute Gasteiger partial charge is 0.482 e. The molecule has 0 bridgehead atoms. The van der Waals surface area contributed by atoms with Gasteiger partial charge in [-0.3, -0.25) is 4.79 Å². The van der Waals surface area contributed by atoms with E-state index in [9.17, 15) is 9.59 Å². The van der Waals surface area contributed by atoms with Gasteiger partial charge in [-0.2, -0.15) is 5.10 Å². The standard InChI is InChI=1S/C25H22N2O4S/c1-30-24(29)15-31-18-12-10-17(11-13-18)14-26-27-23(28)16-32-25-21-8-4-2-6-19(21)20-7-3-5-9-22(20)25/h2-14,25H,15-16H2,1H3,(H,27,28)/b26-14-. The van der Waals surface area contributed by atoms with Gasteiger partial charge in [-0.1, -0.05) is 48.5 Å². The minimum Gasteiger partial charge on any atom is -0.482 e. The number of ether oxygens (including phenoxy) is 2. The highest BCUT2D eigenvalue weighted by molar-refractivity contribution is 8.00. The van der Waals surface area contributed by atoms with E-state index in [0.717, 1.165) is 5.56 Å². The average Bonchev–Trinajstić information content (AvgIpc) is 3.15. The summed E-state index contributed by atoms with van der Waals surface area (Å²) in [5, 5.41) is 4.17. The van der Waals surface area contributed by atoms with Crippen LogP contribution in [0.2, 0.25) is 0 Å². The molecule has 0 aromatic heterocycles. The average molecular weight is 447 g/mol. The van der Waals surface area contributed by atoms with Crippen LogP contribution in [0.5, 0.6) is 5.75 Å². The topological polar surface area (TPSA) is 77.0 Å². The van der Waals surface area contributed by atoms with Crippen molar-refractivity contribution in [3.63, 3.8) is 0 Å². The number of esters is 1. The summed E-state index contributed by atoms with van der Waals surface area (Å²) in [6, 6.07) is 23.7. The first kappa shape index (κ1) is 21.6. The molecule has 0 fully saturated rings. The van der Waals surface area contributed by atoms with E-state index in [1.54, 1.807) is 42.2 Å². The zero-order chi connectivity index (χ0) is 22.3. The highest BCUT2D eigenvalue weighted by Crippen LogP contribution is 2.49. The second kappa shape index (κ2) is 10.2. The first-order chi connectivity index (χ1) is 15.7. The molecule has 162 valence electrons. The van der Waals surface area contributed by atoms with Gasteiger partial charge in [-0.15, -0.1) is 11.8 Å². The summed E-state index contributed by atoms with van der Waals surface area (Å²) in [7, 11) is 1.31. The van der Waals surface area contributed by atoms with E-state index in [-0.39, 0.29) is 17.8 Å². The molecule has 1 aliphatic carbocycles. The molecule has 3 aromatic rings. The Balaban J connectivity index is 1.29. The van der Waals surface area contributed by atoms with Crippen molar-refractivity contribution in [1.29, 1.82) is 0 Å². The van der Waals surface area contributed by atoms with E-state index in [0.29, 0.717) is 11.5 Å². The molecule has 0 unspecified atom stereocenters. The molecule has 32 heavy (non-hydrogen) atoms. The van der Waals surface area contributed by atoms with E-state index in [4.69, 9.17) is 4.74 Å². The van der Waals surface area contributed by atoms with Gasteiger partial charge in [0.05, 0.1) is 24.3 Å². The van der Waals surface area contributed by atoms with Gasteiger partial charge in [0.25, 0.3) is 0 Å². The second-order valence-electron chi connectivity index (χ2n) is 7.09. The number of nitrogens with zero attached hydrogens (tertiary/aromatic N) is 1. The third-order valence-corrected chi connectivity index (χ3v) is 6.30. The third-order valence-electron chi connectivity index (χ3n) is 5.03. The summed E-state index contributed by atoms with van der Waals surface area (Å²) in [6.45, 7) is -0.145. The number of benzene rings is 3. The summed E-state index contributed by atoms with van der Waals surface area (Å²) >= 11 is 1.60. The lowest BCUT2D eigenvalue weighted by Crippen LogP contribution is -2.20. The van der Waals surface area contributed by atoms with E-state index >= 15 is 0 Å². The number of thioether (sulfide) groups is 1. The van der Waals surface area contributed by atoms with E-state index in [2.05, 4.69) is 39.5 Å². The number of amides is 1. The van der Waals surface area contributed by atoms with Gasteiger partial charge < -0.3 is 9.47 Å². The van der Waals surface area contributed by atoms with Crippen LogP contribution in [-0.2, 0) is 14.3 Å². The van der Waals surface area contributed by atoms with Crippen molar-refractivity contribution in [3.05, 3.63) is 89.5 Å². The normalized spacial score (nSPS) is 12.3. The summed E-state index contributed by atoms with van der Waals surface area (Å²) in [6.07, 6.45) is 1.56. The van der Waals surface area contributed by atoms with Crippen molar-refractivity contribution >= 4 is 29.9 Å². The fraction of sp³-hybridized carbons (Fsp3) is 0.160. The molecule has 0 heterocycles. The molecule has 7 heteroatoms. The Morgan fingerprint density at radius 3 is 2.22 bits per heavy atom. The minimum atomic E-state index is -0.444. The molecule has 4 rings (SSSR count). The monoisotopic (exact) mass is 446 g/mol. The molecule has 0 saturated heterocycles. The lowest BCUT2D eigenvalue weighted by atomic mass is 10.1. The maximum Gasteiger partial charge on any atom is 0.343 e. The molecule has 0 radical (unpaired) electrons. The van der Waals surface area contributed by atoms with Crippen molar-refractivity contribution < 1.29 is 19.1 Å². The van der Waals surface area contributed by atoms with Crippen LogP contribution in [0.15, 0.2) is 77.9 Å². The molecule has 1 N–H and O–H groups in total. The van der Waals surface area contributed by atoms with Crippen LogP contribution in [0.4, 0.5) is 0 Å². The molecule has 6 nitrogen and oxygen atoms in total. The number of carbonyl (C=O) groups is 2. The number of rotatable bonds is 8. The van der Waals surface area contributed by atoms with Gasteiger partial charge in [0, 0.05) is 0 Å². The Labute approximate surface area is 190 Å². The second-order valence-corrected chi connectivity index (χ2v) is 8.19. The Morgan fingerprint density at radius 2 is 1.59 bits per heavy atom. The molecule has 0 saturated carbocycles. The zero-order valence-corrected chi connectivity index (χ0v) is 18.3. The molecule has 0 spiro atoms. The first-order valence-electron chi connectivity index (χ1n) is 10.1. The number of nitrogens with one attached hydrogen (secondary N) is 1. The molecule has 3 aromatic carbocycles. The fourth-order valence-electron chi connectivity index (χ4n) is 3.51. The van der Waals surface area contributed by atoms with Crippen LogP contribution >= 0.6 is 11.8 Å². The highest BCUT2D eigenvalue weighted by Gasteiger charge is 2.28. The number of hydrogen-bond acceptors (Lipinski definition) is 6. The van der Waals surface area contributed by atoms with E-state index in [1.807, 2.05) is 24.3 Å². The lowest BCUT2D eigenvalue weighted by Gasteiger charge is -2.12. The molecular weight excluding hydrogens is 424 g/mol. The predicted octanol–water partition coefficient (Wildman–Crippen LogP) is 4.19. The van der Waals surface area contributed by atoms with Crippen LogP contribution < -0.4 is 10.2 Å². The van der Waals surface area contributed by atoms with Gasteiger partial charge in [-0.25, -0.2) is 10.2 Å². The van der Waals surface area contributed by atoms with Gasteiger partial charge in [-0.05, 0) is 52.1 Å². The van der Waals surface area contributed by atoms with Crippen LogP contribution in [0, 0.1) is 0 Å². The Bertz CT molecular complexity index is 1100. The number of hydrazone groups is 1. The third kappa shape index (κ3) is 5.00. The first-order valence-corrected chi connectivity index (χ1v) is 11.1. The Morgan fingerprint density at radius 1 is 0.969 bits per heavy atom. The SMILES string of the molecule is COC(=O)COc1ccc(/C=N\NC(=O)CSC2c3ccccc3-c3ccccc32)cc1. The Kier molecular flexibility index (Phi) is 6.87. The Hall–Kier alpha value is -3.58. The summed E-state index contributed by atoms with van der Waals surface area (Å²) < 4.78 is 9.83. The van der Waals surface area contributed by atoms with Gasteiger partial charge in [0.15, 0.2) is 6.61 Å². The maximum atomic E-state index is 12.3. The van der Waals surface area contributed by atoms with Crippen LogP contribution in [0.3, 0.4) is 0 Å². The summed E-state index contributed by atoms with van der Waals surface area (Å²) in [5.41, 5.74) is 8.33. The van der Waals surface area contributed by atoms with Gasteiger partial charge in [0.2, 0.25) is 5.91 Å². The van der Waals surface area contributed by atoms with E-state index < -0.39 is 5.97 Å². The fourth-order valence-corrected chi connectivity index (χ4v) is 4.66. The van der Waals surface area contributed by atoms with Crippen LogP contribution in [-0.4, -0.2) is 37.6 Å². The summed E-state index contributed by atoms with van der Waals surface area (Å²) in [4.78, 5) is 23.4. The number of carbonyl (C=O) groups excluding carboxylic acids is 2. The predicted molar refractivity (Wildman–Crippen MR) is 126 cm³/mol. The zero-order valence-electron chi connectivity index (χ0n) is 17.5. The highest BCUT2D eigenvalue weighted by atomic mass is 32.2. The van der Waals surface area contributed by atoms with Crippen molar-refractivity contribution in [3.8, 4) is 16.9 Å². The number of hydrogen-bond donors (Lipinski definition) is 1. The summed E-state index contributed by atoms with van der Waals surface area (Å²) in [5.74, 6) is 0.238.